The smallest absolute Gasteiger partial charge is 0.0594 e. The third-order valence-corrected chi connectivity index (χ3v) is 6.29. The summed E-state index contributed by atoms with van der Waals surface area (Å²) in [6.07, 6.45) is 5.68. The highest BCUT2D eigenvalue weighted by Crippen LogP contribution is 2.61. The van der Waals surface area contributed by atoms with E-state index < -0.39 is 0 Å². The van der Waals surface area contributed by atoms with Crippen molar-refractivity contribution in [3.63, 3.8) is 0 Å². The van der Waals surface area contributed by atoms with Crippen molar-refractivity contribution in [2.75, 3.05) is 46.1 Å². The number of nitrogens with zero attached hydrogens (tertiary/aromatic N) is 1. The number of morpholine rings is 1. The average molecular weight is 281 g/mol. The molecule has 1 heterocycles. The van der Waals surface area contributed by atoms with E-state index in [-0.39, 0.29) is 0 Å². The van der Waals surface area contributed by atoms with Crippen LogP contribution in [0.5, 0.6) is 0 Å². The fourth-order valence-electron chi connectivity index (χ4n) is 4.66. The molecule has 0 spiro atoms. The summed E-state index contributed by atoms with van der Waals surface area (Å²) in [5.74, 6) is 2.92. The maximum Gasteiger partial charge on any atom is 0.0594 e. The van der Waals surface area contributed by atoms with Crippen LogP contribution in [0, 0.1) is 23.2 Å². The van der Waals surface area contributed by atoms with Gasteiger partial charge in [0.25, 0.3) is 0 Å². The van der Waals surface area contributed by atoms with Crippen molar-refractivity contribution in [1.29, 1.82) is 0 Å². The lowest BCUT2D eigenvalue weighted by Gasteiger charge is -2.60. The molecule has 0 N–H and O–H groups in total. The number of fused-ring (bicyclic) bond motifs is 2. The molecule has 0 aromatic heterocycles. The first-order chi connectivity index (χ1) is 9.68. The maximum absolute atomic E-state index is 5.89. The van der Waals surface area contributed by atoms with Crippen LogP contribution in [0.3, 0.4) is 0 Å². The summed E-state index contributed by atoms with van der Waals surface area (Å²) in [4.78, 5) is 2.45. The Kier molecular flexibility index (Phi) is 4.68. The third kappa shape index (κ3) is 3.05. The molecule has 116 valence electrons. The van der Waals surface area contributed by atoms with Crippen molar-refractivity contribution < 1.29 is 9.47 Å². The number of ether oxygens (including phenoxy) is 2. The van der Waals surface area contributed by atoms with E-state index in [0.717, 1.165) is 63.8 Å². The van der Waals surface area contributed by atoms with Gasteiger partial charge >= 0.3 is 0 Å². The molecule has 3 heteroatoms. The van der Waals surface area contributed by atoms with E-state index in [1.54, 1.807) is 0 Å². The quantitative estimate of drug-likeness (QED) is 0.699. The van der Waals surface area contributed by atoms with Crippen LogP contribution in [0.15, 0.2) is 0 Å². The van der Waals surface area contributed by atoms with Gasteiger partial charge < -0.3 is 9.47 Å². The predicted molar refractivity (Wildman–Crippen MR) is 80.8 cm³/mol. The zero-order chi connectivity index (χ0) is 14.0. The van der Waals surface area contributed by atoms with E-state index in [9.17, 15) is 0 Å². The van der Waals surface area contributed by atoms with E-state index in [1.807, 2.05) is 0 Å². The summed E-state index contributed by atoms with van der Waals surface area (Å²) < 4.78 is 11.3. The van der Waals surface area contributed by atoms with Gasteiger partial charge in [-0.1, -0.05) is 13.8 Å². The lowest BCUT2D eigenvalue weighted by Crippen LogP contribution is -2.52. The van der Waals surface area contributed by atoms with Crippen molar-refractivity contribution >= 4 is 0 Å². The summed E-state index contributed by atoms with van der Waals surface area (Å²) in [7, 11) is 0. The van der Waals surface area contributed by atoms with Crippen LogP contribution in [0.4, 0.5) is 0 Å². The minimum Gasteiger partial charge on any atom is -0.380 e. The fourth-order valence-corrected chi connectivity index (χ4v) is 4.66. The molecule has 3 nitrogen and oxygen atoms in total. The summed E-state index contributed by atoms with van der Waals surface area (Å²) in [5.41, 5.74) is 0.622. The van der Waals surface area contributed by atoms with E-state index in [1.165, 1.54) is 25.7 Å². The van der Waals surface area contributed by atoms with Gasteiger partial charge in [0.15, 0.2) is 0 Å². The van der Waals surface area contributed by atoms with E-state index in [2.05, 4.69) is 18.7 Å². The van der Waals surface area contributed by atoms with Crippen molar-refractivity contribution in [2.24, 2.45) is 23.2 Å². The van der Waals surface area contributed by atoms with Crippen LogP contribution in [0.25, 0.3) is 0 Å². The summed E-state index contributed by atoms with van der Waals surface area (Å²) in [5, 5.41) is 0. The van der Waals surface area contributed by atoms with E-state index in [0.29, 0.717) is 5.41 Å². The van der Waals surface area contributed by atoms with Gasteiger partial charge in [0.1, 0.15) is 0 Å². The second kappa shape index (κ2) is 6.33. The normalized spacial score (nSPS) is 36.6. The van der Waals surface area contributed by atoms with E-state index in [4.69, 9.17) is 9.47 Å². The van der Waals surface area contributed by atoms with Crippen molar-refractivity contribution in [2.45, 2.75) is 39.5 Å². The number of hydrogen-bond donors (Lipinski definition) is 0. The first-order valence-electron chi connectivity index (χ1n) is 8.56. The van der Waals surface area contributed by atoms with Gasteiger partial charge in [0, 0.05) is 26.2 Å². The summed E-state index contributed by atoms with van der Waals surface area (Å²) in [6.45, 7) is 11.8. The van der Waals surface area contributed by atoms with Crippen LogP contribution in [-0.4, -0.2) is 51.0 Å². The molecule has 4 aliphatic rings. The van der Waals surface area contributed by atoms with Crippen molar-refractivity contribution in [3.05, 3.63) is 0 Å². The molecular formula is C17H31NO2. The second-order valence-corrected chi connectivity index (χ2v) is 7.55. The average Bonchev–Trinajstić information content (AvgIpc) is 2.48. The standard InChI is InChI=1S/C17H31NO2/c1-17(2)15-4-3-14(16(17)13-15)5-9-19-10-6-18-7-11-20-12-8-18/h14-16H,3-13H2,1-2H3/t14-,15-,16-/m0/s1. The summed E-state index contributed by atoms with van der Waals surface area (Å²) in [6, 6.07) is 0. The van der Waals surface area contributed by atoms with Gasteiger partial charge in [-0.3, -0.25) is 4.90 Å². The minimum atomic E-state index is 0.622. The molecule has 1 aliphatic heterocycles. The summed E-state index contributed by atoms with van der Waals surface area (Å²) >= 11 is 0. The third-order valence-electron chi connectivity index (χ3n) is 6.29. The fraction of sp³-hybridized carbons (Fsp3) is 1.00. The topological polar surface area (TPSA) is 21.7 Å². The molecule has 4 fully saturated rings. The van der Waals surface area contributed by atoms with Gasteiger partial charge in [-0.2, -0.15) is 0 Å². The molecule has 3 aliphatic carbocycles. The van der Waals surface area contributed by atoms with Crippen LogP contribution in [0.2, 0.25) is 0 Å². The highest BCUT2D eigenvalue weighted by Gasteiger charge is 2.53. The Labute approximate surface area is 124 Å². The number of rotatable bonds is 6. The van der Waals surface area contributed by atoms with Gasteiger partial charge in [-0.25, -0.2) is 0 Å². The second-order valence-electron chi connectivity index (χ2n) is 7.55. The molecule has 0 aromatic carbocycles. The van der Waals surface area contributed by atoms with Gasteiger partial charge in [0.2, 0.25) is 0 Å². The van der Waals surface area contributed by atoms with E-state index >= 15 is 0 Å². The Morgan fingerprint density at radius 1 is 1.15 bits per heavy atom. The lowest BCUT2D eigenvalue weighted by molar-refractivity contribution is -0.111. The molecule has 20 heavy (non-hydrogen) atoms. The molecular weight excluding hydrogens is 250 g/mol. The van der Waals surface area contributed by atoms with Crippen molar-refractivity contribution in [3.8, 4) is 0 Å². The molecule has 0 unspecified atom stereocenters. The molecule has 0 amide bonds. The van der Waals surface area contributed by atoms with Crippen LogP contribution in [0.1, 0.15) is 39.5 Å². The molecule has 1 saturated heterocycles. The number of hydrogen-bond acceptors (Lipinski definition) is 3. The molecule has 3 saturated carbocycles. The largest absolute Gasteiger partial charge is 0.380 e. The first-order valence-corrected chi connectivity index (χ1v) is 8.56. The Hall–Kier alpha value is -0.120. The van der Waals surface area contributed by atoms with Gasteiger partial charge in [-0.15, -0.1) is 0 Å². The lowest BCUT2D eigenvalue weighted by atomic mass is 9.45. The zero-order valence-corrected chi connectivity index (χ0v) is 13.3. The molecule has 4 rings (SSSR count). The van der Waals surface area contributed by atoms with Gasteiger partial charge in [0.05, 0.1) is 19.8 Å². The molecule has 3 atom stereocenters. The Bertz CT molecular complexity index is 310. The van der Waals surface area contributed by atoms with Crippen LogP contribution in [-0.2, 0) is 9.47 Å². The Morgan fingerprint density at radius 3 is 2.65 bits per heavy atom. The monoisotopic (exact) mass is 281 g/mol. The first kappa shape index (κ1) is 14.8. The molecule has 0 radical (unpaired) electrons. The Morgan fingerprint density at radius 2 is 1.95 bits per heavy atom. The van der Waals surface area contributed by atoms with Gasteiger partial charge in [-0.05, 0) is 48.9 Å². The highest BCUT2D eigenvalue weighted by molar-refractivity contribution is 5.03. The minimum absolute atomic E-state index is 0.622. The molecule has 0 aromatic rings. The SMILES string of the molecule is CC1(C)[C@H]2CC[C@@H](CCOCCN3CCOCC3)[C@@H]1C2. The van der Waals surface area contributed by atoms with Crippen LogP contribution < -0.4 is 0 Å². The van der Waals surface area contributed by atoms with Crippen LogP contribution >= 0.6 is 0 Å². The maximum atomic E-state index is 5.89. The predicted octanol–water partition coefficient (Wildman–Crippen LogP) is 2.80. The Balaban J connectivity index is 1.28. The highest BCUT2D eigenvalue weighted by atomic mass is 16.5. The zero-order valence-electron chi connectivity index (χ0n) is 13.3. The molecule has 2 bridgehead atoms. The van der Waals surface area contributed by atoms with Crippen molar-refractivity contribution in [1.82, 2.24) is 4.90 Å².